The largest absolute Gasteiger partial charge is 0.495 e. The highest BCUT2D eigenvalue weighted by Gasteiger charge is 2.25. The molecule has 4 rings (SSSR count). The molecule has 182 valence electrons. The molecule has 0 aliphatic carbocycles. The van der Waals surface area contributed by atoms with Gasteiger partial charge in [0.25, 0.3) is 0 Å². The van der Waals surface area contributed by atoms with E-state index in [1.165, 1.54) is 31.6 Å². The zero-order chi connectivity index (χ0) is 25.3. The number of anilines is 1. The molecule has 2 N–H and O–H groups in total. The van der Waals surface area contributed by atoms with E-state index >= 15 is 0 Å². The minimum absolute atomic E-state index is 0.214. The average Bonchev–Trinajstić information content (AvgIpc) is 3.41. The summed E-state index contributed by atoms with van der Waals surface area (Å²) < 4.78 is 13.1. The molecule has 0 fully saturated rings. The molecule has 1 unspecified atom stereocenters. The van der Waals surface area contributed by atoms with Gasteiger partial charge in [0, 0.05) is 48.1 Å². The smallest absolute Gasteiger partial charge is 0.247 e. The number of fused-ring (bicyclic) bond motifs is 1. The summed E-state index contributed by atoms with van der Waals surface area (Å²) in [7, 11) is 4.74. The van der Waals surface area contributed by atoms with Gasteiger partial charge >= 0.3 is 0 Å². The Morgan fingerprint density at radius 2 is 1.94 bits per heavy atom. The number of aliphatic hydroxyl groups is 1. The van der Waals surface area contributed by atoms with Crippen LogP contribution in [0.25, 0.3) is 10.1 Å². The number of nitrogens with zero attached hydrogens (tertiary/aromatic N) is 3. The highest BCUT2D eigenvalue weighted by molar-refractivity contribution is 7.19. The summed E-state index contributed by atoms with van der Waals surface area (Å²) >= 11 is 14.4. The number of hydrogen-bond donors (Lipinski definition) is 2. The van der Waals surface area contributed by atoms with Crippen molar-refractivity contribution in [1.82, 2.24) is 14.8 Å². The van der Waals surface area contributed by atoms with Crippen LogP contribution < -0.4 is 14.8 Å². The summed E-state index contributed by atoms with van der Waals surface area (Å²) in [5.41, 5.74) is 2.33. The Morgan fingerprint density at radius 1 is 1.26 bits per heavy atom. The van der Waals surface area contributed by atoms with Crippen molar-refractivity contribution in [2.75, 3.05) is 19.5 Å². The van der Waals surface area contributed by atoms with Crippen LogP contribution in [0.15, 0.2) is 43.2 Å². The van der Waals surface area contributed by atoms with Crippen molar-refractivity contribution in [1.29, 1.82) is 0 Å². The molecule has 11 heteroatoms. The van der Waals surface area contributed by atoms with Crippen molar-refractivity contribution >= 4 is 56.2 Å². The first-order valence-electron chi connectivity index (χ1n) is 10.4. The van der Waals surface area contributed by atoms with Crippen molar-refractivity contribution in [2.24, 2.45) is 7.05 Å². The summed E-state index contributed by atoms with van der Waals surface area (Å²) in [6.07, 6.45) is 3.98. The van der Waals surface area contributed by atoms with Crippen molar-refractivity contribution < 1.29 is 19.4 Å². The lowest BCUT2D eigenvalue weighted by Gasteiger charge is -2.17. The van der Waals surface area contributed by atoms with E-state index in [0.717, 1.165) is 15.8 Å². The third-order valence-electron chi connectivity index (χ3n) is 5.33. The van der Waals surface area contributed by atoms with Crippen LogP contribution in [0.3, 0.4) is 0 Å². The van der Waals surface area contributed by atoms with E-state index in [-0.39, 0.29) is 16.0 Å². The van der Waals surface area contributed by atoms with Gasteiger partial charge in [-0.15, -0.1) is 11.3 Å². The molecule has 0 spiro atoms. The molecule has 35 heavy (non-hydrogen) atoms. The molecule has 1 atom stereocenters. The number of hydrogen-bond acceptors (Lipinski definition) is 7. The summed E-state index contributed by atoms with van der Waals surface area (Å²) in [6.45, 7) is 3.48. The molecule has 0 saturated carbocycles. The zero-order valence-electron chi connectivity index (χ0n) is 19.1. The highest BCUT2D eigenvalue weighted by Crippen LogP contribution is 2.46. The Bertz CT molecular complexity index is 1400. The van der Waals surface area contributed by atoms with E-state index in [1.807, 2.05) is 12.1 Å². The molecule has 1 aromatic carbocycles. The number of aryl methyl sites for hydroxylation is 1. The Balaban J connectivity index is 1.67. The molecule has 0 radical (unpaired) electrons. The molecule has 0 aliphatic heterocycles. The molecule has 1 amide bonds. The average molecular weight is 533 g/mol. The molecule has 4 aromatic rings. The van der Waals surface area contributed by atoms with Gasteiger partial charge in [-0.2, -0.15) is 5.10 Å². The minimum Gasteiger partial charge on any atom is -0.495 e. The van der Waals surface area contributed by atoms with Crippen molar-refractivity contribution in [3.8, 4) is 11.5 Å². The third-order valence-corrected chi connectivity index (χ3v) is 7.25. The van der Waals surface area contributed by atoms with Crippen LogP contribution in [0.1, 0.15) is 27.9 Å². The number of methoxy groups -OCH3 is 2. The van der Waals surface area contributed by atoms with Gasteiger partial charge in [-0.25, -0.2) is 0 Å². The van der Waals surface area contributed by atoms with Crippen LogP contribution >= 0.6 is 34.5 Å². The maximum absolute atomic E-state index is 11.7. The van der Waals surface area contributed by atoms with Crippen LogP contribution in [0.5, 0.6) is 11.5 Å². The van der Waals surface area contributed by atoms with E-state index in [1.54, 1.807) is 30.2 Å². The van der Waals surface area contributed by atoms with Crippen molar-refractivity contribution in [3.63, 3.8) is 0 Å². The Labute approximate surface area is 215 Å². The zero-order valence-corrected chi connectivity index (χ0v) is 21.5. The minimum atomic E-state index is -1.10. The normalized spacial score (nSPS) is 11.9. The summed E-state index contributed by atoms with van der Waals surface area (Å²) in [4.78, 5) is 16.9. The Kier molecular flexibility index (Phi) is 7.32. The fourth-order valence-corrected chi connectivity index (χ4v) is 5.37. The number of benzene rings is 1. The van der Waals surface area contributed by atoms with Gasteiger partial charge in [-0.3, -0.25) is 14.5 Å². The van der Waals surface area contributed by atoms with E-state index in [9.17, 15) is 9.90 Å². The van der Waals surface area contributed by atoms with Gasteiger partial charge in [0.15, 0.2) is 0 Å². The Morgan fingerprint density at radius 3 is 2.57 bits per heavy atom. The predicted molar refractivity (Wildman–Crippen MR) is 138 cm³/mol. The van der Waals surface area contributed by atoms with E-state index in [0.29, 0.717) is 39.7 Å². The maximum atomic E-state index is 11.7. The first-order chi connectivity index (χ1) is 16.7. The van der Waals surface area contributed by atoms with Crippen LogP contribution in [0.2, 0.25) is 10.0 Å². The number of halogens is 2. The predicted octanol–water partition coefficient (Wildman–Crippen LogP) is 5.15. The monoisotopic (exact) mass is 532 g/mol. The molecular formula is C24H22Cl2N4O4S. The number of pyridine rings is 1. The van der Waals surface area contributed by atoms with Crippen LogP contribution in [-0.4, -0.2) is 40.0 Å². The van der Waals surface area contributed by atoms with Crippen LogP contribution in [0, 0.1) is 0 Å². The second kappa shape index (κ2) is 10.2. The number of carbonyl (C=O) groups is 1. The van der Waals surface area contributed by atoms with Crippen LogP contribution in [0.4, 0.5) is 5.69 Å². The fraction of sp³-hybridized carbons (Fsp3) is 0.208. The molecule has 0 saturated heterocycles. The van der Waals surface area contributed by atoms with Gasteiger partial charge < -0.3 is 19.9 Å². The van der Waals surface area contributed by atoms with Crippen molar-refractivity contribution in [3.05, 3.63) is 75.1 Å². The highest BCUT2D eigenvalue weighted by atomic mass is 35.5. The van der Waals surface area contributed by atoms with Gasteiger partial charge in [0.05, 0.1) is 40.3 Å². The summed E-state index contributed by atoms with van der Waals surface area (Å²) in [5, 5.41) is 19.7. The second-order valence-corrected chi connectivity index (χ2v) is 9.49. The second-order valence-electron chi connectivity index (χ2n) is 7.62. The quantitative estimate of drug-likeness (QED) is 0.304. The van der Waals surface area contributed by atoms with E-state index < -0.39 is 6.10 Å². The lowest BCUT2D eigenvalue weighted by atomic mass is 10.1. The molecule has 0 bridgehead atoms. The number of rotatable bonds is 8. The number of ether oxygens (including phenoxy) is 2. The maximum Gasteiger partial charge on any atom is 0.247 e. The number of aromatic nitrogens is 3. The number of aliphatic hydroxyl groups excluding tert-OH is 1. The first-order valence-corrected chi connectivity index (χ1v) is 11.9. The molecule has 3 heterocycles. The molecule has 8 nitrogen and oxygen atoms in total. The van der Waals surface area contributed by atoms with E-state index in [2.05, 4.69) is 22.0 Å². The third kappa shape index (κ3) is 4.99. The SMILES string of the molecule is C=CC(=O)Nc1cn(C)nc1Cc1cc2cc(C(O)c3c(Cl)c(OC)cc(OC)c3Cl)sc2cn1. The first kappa shape index (κ1) is 25.0. The van der Waals surface area contributed by atoms with Gasteiger partial charge in [0.1, 0.15) is 17.6 Å². The lowest BCUT2D eigenvalue weighted by Crippen LogP contribution is -2.08. The standard InChI is InChI=1S/C24H22Cl2N4O4S/c1-5-20(31)28-15-11-30(2)29-14(15)8-13-6-12-7-18(35-19(12)10-27-13)24(32)21-22(25)16(33-3)9-17(34-4)23(21)26/h5-7,9-11,24,32H,1,8H2,2-4H3,(H,28,31). The van der Waals surface area contributed by atoms with Gasteiger partial charge in [-0.05, 0) is 23.6 Å². The number of thiophene rings is 1. The molecule has 0 aliphatic rings. The van der Waals surface area contributed by atoms with Crippen LogP contribution in [-0.2, 0) is 18.3 Å². The number of nitrogens with one attached hydrogen (secondary N) is 1. The van der Waals surface area contributed by atoms with E-state index in [4.69, 9.17) is 32.7 Å². The summed E-state index contributed by atoms with van der Waals surface area (Å²) in [5.74, 6) is 0.383. The fourth-order valence-electron chi connectivity index (χ4n) is 3.65. The Hall–Kier alpha value is -3.11. The lowest BCUT2D eigenvalue weighted by molar-refractivity contribution is -0.111. The number of carbonyl (C=O) groups excluding carboxylic acids is 1. The van der Waals surface area contributed by atoms with Gasteiger partial charge in [-0.1, -0.05) is 29.8 Å². The van der Waals surface area contributed by atoms with Gasteiger partial charge in [0.2, 0.25) is 5.91 Å². The van der Waals surface area contributed by atoms with Crippen molar-refractivity contribution in [2.45, 2.75) is 12.5 Å². The topological polar surface area (TPSA) is 98.5 Å². The summed E-state index contributed by atoms with van der Waals surface area (Å²) in [6, 6.07) is 5.36. The molecular weight excluding hydrogens is 511 g/mol. The number of amides is 1. The molecule has 3 aromatic heterocycles.